The SMILES string of the molecule is O=S(=O)(NCCc1nnc2ccc(NCc3ccc(F)cc3)nn12)c1ccc(F)cc1. The summed E-state index contributed by atoms with van der Waals surface area (Å²) in [5, 5.41) is 15.7. The van der Waals surface area contributed by atoms with E-state index in [1.165, 1.54) is 28.8 Å². The van der Waals surface area contributed by atoms with Crippen molar-refractivity contribution in [1.29, 1.82) is 0 Å². The number of benzene rings is 2. The van der Waals surface area contributed by atoms with Crippen LogP contribution in [0.25, 0.3) is 5.65 Å². The number of halogens is 2. The first-order valence-electron chi connectivity index (χ1n) is 9.36. The minimum absolute atomic E-state index is 0.0228. The Labute approximate surface area is 177 Å². The van der Waals surface area contributed by atoms with Crippen LogP contribution in [0.15, 0.2) is 65.6 Å². The van der Waals surface area contributed by atoms with Gasteiger partial charge in [-0.25, -0.2) is 21.9 Å². The van der Waals surface area contributed by atoms with Gasteiger partial charge in [0.15, 0.2) is 11.5 Å². The summed E-state index contributed by atoms with van der Waals surface area (Å²) in [6.07, 6.45) is 0.246. The predicted octanol–water partition coefficient (Wildman–Crippen LogP) is 2.54. The van der Waals surface area contributed by atoms with E-state index in [1.54, 1.807) is 24.3 Å². The molecule has 2 N–H and O–H groups in total. The van der Waals surface area contributed by atoms with Gasteiger partial charge in [0.25, 0.3) is 0 Å². The predicted molar refractivity (Wildman–Crippen MR) is 110 cm³/mol. The third-order valence-corrected chi connectivity index (χ3v) is 5.96. The Morgan fingerprint density at radius 3 is 2.26 bits per heavy atom. The molecule has 0 saturated heterocycles. The summed E-state index contributed by atoms with van der Waals surface area (Å²) < 4.78 is 54.6. The van der Waals surface area contributed by atoms with E-state index in [-0.39, 0.29) is 23.7 Å². The topological polar surface area (TPSA) is 101 Å². The number of hydrogen-bond donors (Lipinski definition) is 2. The molecule has 2 aromatic heterocycles. The highest BCUT2D eigenvalue weighted by Gasteiger charge is 2.15. The second-order valence-electron chi connectivity index (χ2n) is 6.69. The van der Waals surface area contributed by atoms with Crippen LogP contribution in [-0.2, 0) is 23.0 Å². The van der Waals surface area contributed by atoms with E-state index in [1.807, 2.05) is 0 Å². The van der Waals surface area contributed by atoms with Crippen molar-refractivity contribution in [3.8, 4) is 0 Å². The average Bonchev–Trinajstić information content (AvgIpc) is 3.16. The third-order valence-electron chi connectivity index (χ3n) is 4.48. The van der Waals surface area contributed by atoms with Gasteiger partial charge in [-0.15, -0.1) is 15.3 Å². The molecule has 2 heterocycles. The summed E-state index contributed by atoms with van der Waals surface area (Å²) in [5.74, 6) is 0.225. The largest absolute Gasteiger partial charge is 0.365 e. The van der Waals surface area contributed by atoms with Gasteiger partial charge in [-0.05, 0) is 54.1 Å². The first-order chi connectivity index (χ1) is 14.9. The van der Waals surface area contributed by atoms with Crippen molar-refractivity contribution < 1.29 is 17.2 Å². The van der Waals surface area contributed by atoms with E-state index >= 15 is 0 Å². The van der Waals surface area contributed by atoms with E-state index in [0.717, 1.165) is 17.7 Å². The minimum atomic E-state index is -3.77. The van der Waals surface area contributed by atoms with Gasteiger partial charge >= 0.3 is 0 Å². The molecule has 0 spiro atoms. The number of fused-ring (bicyclic) bond motifs is 1. The van der Waals surface area contributed by atoms with Crippen molar-refractivity contribution >= 4 is 21.5 Å². The van der Waals surface area contributed by atoms with Crippen LogP contribution in [0.5, 0.6) is 0 Å². The molecular formula is C20H18F2N6O2S. The monoisotopic (exact) mass is 444 g/mol. The van der Waals surface area contributed by atoms with E-state index in [4.69, 9.17) is 0 Å². The lowest BCUT2D eigenvalue weighted by molar-refractivity contribution is 0.579. The van der Waals surface area contributed by atoms with E-state index < -0.39 is 15.8 Å². The van der Waals surface area contributed by atoms with Gasteiger partial charge in [-0.3, -0.25) is 0 Å². The molecular weight excluding hydrogens is 426 g/mol. The molecule has 0 saturated carbocycles. The summed E-state index contributed by atoms with van der Waals surface area (Å²) in [7, 11) is -3.77. The number of sulfonamides is 1. The second-order valence-corrected chi connectivity index (χ2v) is 8.45. The lowest BCUT2D eigenvalue weighted by Gasteiger charge is -2.08. The Balaban J connectivity index is 1.41. The molecule has 4 rings (SSSR count). The Morgan fingerprint density at radius 1 is 0.871 bits per heavy atom. The summed E-state index contributed by atoms with van der Waals surface area (Å²) in [4.78, 5) is -0.0228. The van der Waals surface area contributed by atoms with Crippen LogP contribution in [0.1, 0.15) is 11.4 Å². The molecule has 0 radical (unpaired) electrons. The smallest absolute Gasteiger partial charge is 0.240 e. The zero-order valence-electron chi connectivity index (χ0n) is 16.2. The molecule has 11 heteroatoms. The highest BCUT2D eigenvalue weighted by Crippen LogP contribution is 2.12. The summed E-state index contributed by atoms with van der Waals surface area (Å²) in [6.45, 7) is 0.517. The molecule has 0 amide bonds. The maximum absolute atomic E-state index is 13.0. The van der Waals surface area contributed by atoms with Crippen molar-refractivity contribution in [2.24, 2.45) is 0 Å². The van der Waals surface area contributed by atoms with Crippen LogP contribution in [-0.4, -0.2) is 34.8 Å². The first kappa shape index (κ1) is 20.8. The van der Waals surface area contributed by atoms with Crippen molar-refractivity contribution in [1.82, 2.24) is 24.5 Å². The van der Waals surface area contributed by atoms with E-state index in [0.29, 0.717) is 23.8 Å². The van der Waals surface area contributed by atoms with Gasteiger partial charge in [0.05, 0.1) is 4.90 Å². The minimum Gasteiger partial charge on any atom is -0.365 e. The number of rotatable bonds is 8. The zero-order valence-corrected chi connectivity index (χ0v) is 17.0. The molecule has 0 unspecified atom stereocenters. The van der Waals surface area contributed by atoms with E-state index in [9.17, 15) is 17.2 Å². The lowest BCUT2D eigenvalue weighted by Crippen LogP contribution is -2.26. The molecule has 160 valence electrons. The van der Waals surface area contributed by atoms with Crippen molar-refractivity contribution in [2.45, 2.75) is 17.9 Å². The van der Waals surface area contributed by atoms with Crippen LogP contribution in [0.3, 0.4) is 0 Å². The molecule has 0 atom stereocenters. The maximum Gasteiger partial charge on any atom is 0.240 e. The molecule has 31 heavy (non-hydrogen) atoms. The van der Waals surface area contributed by atoms with Gasteiger partial charge < -0.3 is 5.32 Å². The number of anilines is 1. The van der Waals surface area contributed by atoms with Gasteiger partial charge in [-0.2, -0.15) is 4.52 Å². The standard InChI is InChI=1S/C20H18F2N6O2S/c21-15-3-1-14(2-4-15)13-23-18-9-10-19-25-26-20(28(19)27-18)11-12-24-31(29,30)17-7-5-16(22)6-8-17/h1-10,24H,11-13H2,(H,23,27). The fourth-order valence-corrected chi connectivity index (χ4v) is 3.90. The second kappa shape index (κ2) is 8.74. The van der Waals surface area contributed by atoms with Gasteiger partial charge in [0, 0.05) is 19.5 Å². The number of aromatic nitrogens is 4. The Hall–Kier alpha value is -3.44. The average molecular weight is 444 g/mol. The quantitative estimate of drug-likeness (QED) is 0.433. The van der Waals surface area contributed by atoms with Crippen LogP contribution in [0.2, 0.25) is 0 Å². The Morgan fingerprint density at radius 2 is 1.55 bits per heavy atom. The molecule has 0 bridgehead atoms. The molecule has 0 fully saturated rings. The first-order valence-corrected chi connectivity index (χ1v) is 10.8. The van der Waals surface area contributed by atoms with Crippen molar-refractivity contribution in [3.63, 3.8) is 0 Å². The Kier molecular flexibility index (Phi) is 5.87. The lowest BCUT2D eigenvalue weighted by atomic mass is 10.2. The van der Waals surface area contributed by atoms with Gasteiger partial charge in [0.2, 0.25) is 10.0 Å². The third kappa shape index (κ3) is 5.01. The van der Waals surface area contributed by atoms with Crippen molar-refractivity contribution in [2.75, 3.05) is 11.9 Å². The van der Waals surface area contributed by atoms with Gasteiger partial charge in [-0.1, -0.05) is 12.1 Å². The summed E-state index contributed by atoms with van der Waals surface area (Å²) in [6, 6.07) is 14.2. The summed E-state index contributed by atoms with van der Waals surface area (Å²) in [5.41, 5.74) is 1.41. The highest BCUT2D eigenvalue weighted by molar-refractivity contribution is 7.89. The molecule has 0 aliphatic heterocycles. The zero-order chi connectivity index (χ0) is 21.8. The molecule has 0 aliphatic rings. The van der Waals surface area contributed by atoms with Crippen LogP contribution in [0.4, 0.5) is 14.6 Å². The number of nitrogens with zero attached hydrogens (tertiary/aromatic N) is 4. The maximum atomic E-state index is 13.0. The van der Waals surface area contributed by atoms with E-state index in [2.05, 4.69) is 25.3 Å². The fourth-order valence-electron chi connectivity index (χ4n) is 2.87. The highest BCUT2D eigenvalue weighted by atomic mass is 32.2. The van der Waals surface area contributed by atoms with Crippen LogP contribution < -0.4 is 10.0 Å². The van der Waals surface area contributed by atoms with Crippen molar-refractivity contribution in [3.05, 3.63) is 83.7 Å². The van der Waals surface area contributed by atoms with Crippen LogP contribution in [0, 0.1) is 11.6 Å². The molecule has 2 aromatic carbocycles. The molecule has 8 nitrogen and oxygen atoms in total. The molecule has 4 aromatic rings. The van der Waals surface area contributed by atoms with Gasteiger partial charge in [0.1, 0.15) is 17.5 Å². The number of hydrogen-bond acceptors (Lipinski definition) is 6. The molecule has 0 aliphatic carbocycles. The normalized spacial score (nSPS) is 11.7. The fraction of sp³-hybridized carbons (Fsp3) is 0.150. The van der Waals surface area contributed by atoms with Crippen LogP contribution >= 0.6 is 0 Å². The number of nitrogens with one attached hydrogen (secondary N) is 2. The Bertz CT molecular complexity index is 1290. The summed E-state index contributed by atoms with van der Waals surface area (Å²) >= 11 is 0.